The Morgan fingerprint density at radius 3 is 2.82 bits per heavy atom. The van der Waals surface area contributed by atoms with Crippen molar-refractivity contribution in [3.8, 4) is 0 Å². The normalized spacial score (nSPS) is 17.3. The molecule has 0 atom stereocenters. The lowest BCUT2D eigenvalue weighted by Crippen LogP contribution is -2.43. The first-order valence-electron chi connectivity index (χ1n) is 5.58. The van der Waals surface area contributed by atoms with Crippen molar-refractivity contribution in [3.63, 3.8) is 0 Å². The highest BCUT2D eigenvalue weighted by Gasteiger charge is 2.34. The molecule has 0 bridgehead atoms. The van der Waals surface area contributed by atoms with Crippen molar-refractivity contribution >= 4 is 11.5 Å². The summed E-state index contributed by atoms with van der Waals surface area (Å²) in [5.74, 6) is 0.232. The molecule has 6 nitrogen and oxygen atoms in total. The van der Waals surface area contributed by atoms with E-state index in [0.717, 1.165) is 19.3 Å². The number of pyridine rings is 1. The van der Waals surface area contributed by atoms with Crippen LogP contribution >= 0.6 is 0 Å². The van der Waals surface area contributed by atoms with Gasteiger partial charge in [0.1, 0.15) is 0 Å². The molecule has 1 aliphatic carbocycles. The largest absolute Gasteiger partial charge is 0.388 e. The van der Waals surface area contributed by atoms with E-state index in [1.807, 2.05) is 0 Å². The molecule has 0 spiro atoms. The fourth-order valence-corrected chi connectivity index (χ4v) is 1.84. The molecule has 17 heavy (non-hydrogen) atoms. The van der Waals surface area contributed by atoms with E-state index in [-0.39, 0.29) is 11.5 Å². The van der Waals surface area contributed by atoms with Gasteiger partial charge in [-0.15, -0.1) is 0 Å². The lowest BCUT2D eigenvalue weighted by Gasteiger charge is -2.36. The number of rotatable bonds is 4. The number of nitro groups is 1. The summed E-state index contributed by atoms with van der Waals surface area (Å²) in [6, 6.07) is 3.02. The molecule has 0 unspecified atom stereocenters. The van der Waals surface area contributed by atoms with Crippen LogP contribution in [0.5, 0.6) is 0 Å². The summed E-state index contributed by atoms with van der Waals surface area (Å²) >= 11 is 0. The Kier molecular flexibility index (Phi) is 2.97. The number of hydrogen-bond donors (Lipinski definition) is 2. The molecule has 92 valence electrons. The van der Waals surface area contributed by atoms with Crippen molar-refractivity contribution in [2.75, 3.05) is 11.9 Å². The maximum Gasteiger partial charge on any atom is 0.311 e. The zero-order valence-corrected chi connectivity index (χ0v) is 9.64. The van der Waals surface area contributed by atoms with Gasteiger partial charge in [0.05, 0.1) is 10.5 Å². The van der Waals surface area contributed by atoms with E-state index in [2.05, 4.69) is 10.3 Å². The van der Waals surface area contributed by atoms with E-state index in [0.29, 0.717) is 12.2 Å². The van der Waals surface area contributed by atoms with Gasteiger partial charge in [0.2, 0.25) is 5.82 Å². The first-order chi connectivity index (χ1) is 8.00. The first-order valence-corrected chi connectivity index (χ1v) is 5.58. The van der Waals surface area contributed by atoms with Crippen molar-refractivity contribution in [2.24, 2.45) is 0 Å². The molecule has 1 aliphatic rings. The molecule has 1 heterocycles. The Morgan fingerprint density at radius 1 is 1.59 bits per heavy atom. The predicted molar refractivity (Wildman–Crippen MR) is 62.9 cm³/mol. The van der Waals surface area contributed by atoms with Crippen molar-refractivity contribution in [3.05, 3.63) is 27.9 Å². The Balaban J connectivity index is 2.13. The lowest BCUT2D eigenvalue weighted by atomic mass is 9.80. The quantitative estimate of drug-likeness (QED) is 0.613. The van der Waals surface area contributed by atoms with Gasteiger partial charge >= 0.3 is 5.69 Å². The maximum atomic E-state index is 10.8. The molecule has 1 aromatic heterocycles. The smallest absolute Gasteiger partial charge is 0.311 e. The van der Waals surface area contributed by atoms with Gasteiger partial charge in [-0.2, -0.15) is 0 Å². The summed E-state index contributed by atoms with van der Waals surface area (Å²) in [5, 5.41) is 23.6. The summed E-state index contributed by atoms with van der Waals surface area (Å²) in [6.07, 6.45) is 2.47. The Labute approximate surface area is 98.8 Å². The number of anilines is 1. The second-order valence-corrected chi connectivity index (χ2v) is 4.51. The summed E-state index contributed by atoms with van der Waals surface area (Å²) in [7, 11) is 0. The van der Waals surface area contributed by atoms with Gasteiger partial charge in [-0.1, -0.05) is 0 Å². The highest BCUT2D eigenvalue weighted by molar-refractivity contribution is 5.56. The second-order valence-electron chi connectivity index (χ2n) is 4.51. The van der Waals surface area contributed by atoms with Crippen LogP contribution in [0.25, 0.3) is 0 Å². The van der Waals surface area contributed by atoms with Crippen LogP contribution in [0.15, 0.2) is 12.1 Å². The molecule has 1 fully saturated rings. The Morgan fingerprint density at radius 2 is 2.29 bits per heavy atom. The van der Waals surface area contributed by atoms with Gasteiger partial charge in [0, 0.05) is 18.3 Å². The summed E-state index contributed by atoms with van der Waals surface area (Å²) in [5.41, 5.74) is -0.0727. The highest BCUT2D eigenvalue weighted by atomic mass is 16.6. The summed E-state index contributed by atoms with van der Waals surface area (Å²) in [6.45, 7) is 2.08. The van der Waals surface area contributed by atoms with Crippen LogP contribution in [0.4, 0.5) is 11.5 Å². The number of aromatic nitrogens is 1. The molecule has 1 saturated carbocycles. The van der Waals surface area contributed by atoms with Gasteiger partial charge in [0.15, 0.2) is 0 Å². The summed E-state index contributed by atoms with van der Waals surface area (Å²) in [4.78, 5) is 14.4. The third kappa shape index (κ3) is 2.52. The van der Waals surface area contributed by atoms with Crippen molar-refractivity contribution in [1.82, 2.24) is 4.98 Å². The van der Waals surface area contributed by atoms with Crippen molar-refractivity contribution in [1.29, 1.82) is 0 Å². The monoisotopic (exact) mass is 237 g/mol. The van der Waals surface area contributed by atoms with E-state index in [1.54, 1.807) is 13.0 Å². The van der Waals surface area contributed by atoms with Crippen LogP contribution in [0.1, 0.15) is 25.0 Å². The van der Waals surface area contributed by atoms with E-state index < -0.39 is 10.5 Å². The molecule has 0 radical (unpaired) electrons. The molecule has 1 aromatic rings. The summed E-state index contributed by atoms with van der Waals surface area (Å²) < 4.78 is 0. The van der Waals surface area contributed by atoms with Gasteiger partial charge in [-0.05, 0) is 32.3 Å². The number of aryl methyl sites for hydroxylation is 1. The SMILES string of the molecule is Cc1ccc([N+](=O)[O-])c(NCC2(O)CCC2)n1. The van der Waals surface area contributed by atoms with Gasteiger partial charge in [-0.3, -0.25) is 10.1 Å². The second kappa shape index (κ2) is 4.29. The predicted octanol–water partition coefficient (Wildman–Crippen LogP) is 1.63. The molecule has 6 heteroatoms. The van der Waals surface area contributed by atoms with Gasteiger partial charge < -0.3 is 10.4 Å². The molecular formula is C11H15N3O3. The fraction of sp³-hybridized carbons (Fsp3) is 0.545. The minimum Gasteiger partial charge on any atom is -0.388 e. The zero-order valence-electron chi connectivity index (χ0n) is 9.64. The molecule has 0 aromatic carbocycles. The third-order valence-corrected chi connectivity index (χ3v) is 3.08. The average Bonchev–Trinajstić information content (AvgIpc) is 2.23. The third-order valence-electron chi connectivity index (χ3n) is 3.08. The minimum absolute atomic E-state index is 0.0569. The number of hydrogen-bond acceptors (Lipinski definition) is 5. The van der Waals surface area contributed by atoms with Crippen LogP contribution in [0.2, 0.25) is 0 Å². The standard InChI is InChI=1S/C11H15N3O3/c1-8-3-4-9(14(16)17)10(13-8)12-7-11(15)5-2-6-11/h3-4,15H,2,5-7H2,1H3,(H,12,13). The Bertz CT molecular complexity index is 444. The van der Waals surface area contributed by atoms with Crippen molar-refractivity contribution in [2.45, 2.75) is 31.8 Å². The molecule has 2 N–H and O–H groups in total. The number of nitrogens with zero attached hydrogens (tertiary/aromatic N) is 2. The molecule has 0 saturated heterocycles. The fourth-order valence-electron chi connectivity index (χ4n) is 1.84. The van der Waals surface area contributed by atoms with Crippen molar-refractivity contribution < 1.29 is 10.0 Å². The van der Waals surface area contributed by atoms with E-state index in [1.165, 1.54) is 6.07 Å². The molecular weight excluding hydrogens is 222 g/mol. The Hall–Kier alpha value is -1.69. The number of nitrogens with one attached hydrogen (secondary N) is 1. The lowest BCUT2D eigenvalue weighted by molar-refractivity contribution is -0.384. The van der Waals surface area contributed by atoms with Crippen LogP contribution < -0.4 is 5.32 Å². The van der Waals surface area contributed by atoms with Gasteiger partial charge in [-0.25, -0.2) is 4.98 Å². The number of aliphatic hydroxyl groups is 1. The van der Waals surface area contributed by atoms with Crippen LogP contribution in [-0.4, -0.2) is 27.2 Å². The topological polar surface area (TPSA) is 88.3 Å². The highest BCUT2D eigenvalue weighted by Crippen LogP contribution is 2.32. The van der Waals surface area contributed by atoms with Gasteiger partial charge in [0.25, 0.3) is 0 Å². The van der Waals surface area contributed by atoms with E-state index in [4.69, 9.17) is 0 Å². The van der Waals surface area contributed by atoms with Crippen LogP contribution in [-0.2, 0) is 0 Å². The molecule has 2 rings (SSSR count). The zero-order chi connectivity index (χ0) is 12.5. The first kappa shape index (κ1) is 11.8. The molecule has 0 amide bonds. The van der Waals surface area contributed by atoms with Crippen LogP contribution in [0, 0.1) is 17.0 Å². The minimum atomic E-state index is -0.723. The van der Waals surface area contributed by atoms with Crippen LogP contribution in [0.3, 0.4) is 0 Å². The molecule has 0 aliphatic heterocycles. The average molecular weight is 237 g/mol. The maximum absolute atomic E-state index is 10.8. The van der Waals surface area contributed by atoms with E-state index >= 15 is 0 Å². The van der Waals surface area contributed by atoms with E-state index in [9.17, 15) is 15.2 Å².